The summed E-state index contributed by atoms with van der Waals surface area (Å²) in [7, 11) is -4.21. The molecule has 2 aliphatic heterocycles. The van der Waals surface area contributed by atoms with Gasteiger partial charge in [-0.1, -0.05) is 12.8 Å². The minimum atomic E-state index is -4.21. The molecule has 2 aromatic rings. The fourth-order valence-corrected chi connectivity index (χ4v) is 4.56. The average molecular weight is 443 g/mol. The molecule has 0 aliphatic carbocycles. The summed E-state index contributed by atoms with van der Waals surface area (Å²) in [6.07, 6.45) is 1.59. The van der Waals surface area contributed by atoms with E-state index in [4.69, 9.17) is 25.3 Å². The van der Waals surface area contributed by atoms with Crippen LogP contribution in [-0.2, 0) is 18.3 Å². The molecular weight excluding hydrogens is 417 g/mol. The van der Waals surface area contributed by atoms with Gasteiger partial charge in [-0.05, 0) is 19.4 Å². The highest BCUT2D eigenvalue weighted by Gasteiger charge is 2.52. The first-order valence-corrected chi connectivity index (χ1v) is 11.3. The van der Waals surface area contributed by atoms with Crippen LogP contribution in [0.1, 0.15) is 31.9 Å². The van der Waals surface area contributed by atoms with Crippen LogP contribution in [0.4, 0.5) is 11.8 Å². The Morgan fingerprint density at radius 2 is 2.10 bits per heavy atom. The fourth-order valence-electron chi connectivity index (χ4n) is 3.59. The summed E-state index contributed by atoms with van der Waals surface area (Å²) in [6, 6.07) is 0. The molecule has 0 bridgehead atoms. The van der Waals surface area contributed by atoms with Gasteiger partial charge in [-0.2, -0.15) is 9.97 Å². The highest BCUT2D eigenvalue weighted by molar-refractivity contribution is 7.47. The van der Waals surface area contributed by atoms with Crippen LogP contribution >= 0.6 is 7.82 Å². The number of phosphoric ester groups is 1. The monoisotopic (exact) mass is 443 g/mol. The molecule has 0 aromatic carbocycles. The largest absolute Gasteiger partial charge is 0.472 e. The lowest BCUT2D eigenvalue weighted by atomic mass is 10.1. The molecule has 2 fully saturated rings. The molecule has 166 valence electrons. The van der Waals surface area contributed by atoms with E-state index in [0.29, 0.717) is 30.2 Å². The number of aromatic nitrogens is 4. The molecule has 13 nitrogen and oxygen atoms in total. The van der Waals surface area contributed by atoms with Gasteiger partial charge in [-0.3, -0.25) is 13.6 Å². The summed E-state index contributed by atoms with van der Waals surface area (Å²) in [5.41, 5.74) is 12.2. The number of phosphoric acid groups is 1. The Bertz CT molecular complexity index is 942. The van der Waals surface area contributed by atoms with Crippen molar-refractivity contribution in [2.45, 2.75) is 50.2 Å². The van der Waals surface area contributed by atoms with Crippen molar-refractivity contribution >= 4 is 30.8 Å². The van der Waals surface area contributed by atoms with Crippen LogP contribution in [0.5, 0.6) is 0 Å². The third kappa shape index (κ3) is 4.28. The number of hydrogen-bond donors (Lipinski definition) is 5. The molecule has 5 atom stereocenters. The maximum Gasteiger partial charge on any atom is 0.472 e. The van der Waals surface area contributed by atoms with Crippen LogP contribution in [-0.4, -0.2) is 67.5 Å². The molecule has 4 heterocycles. The standard InChI is InChI=1S/C16H26N7O6P/c17-5-3-1-2-4-6-19-16-21-13(18)10-14(22-16)23(8-20-10)15-11(24)12-9(28-15)7-27-30(25,26)29-12/h8-9,11-12,15,24H,1-7,17H2,(H,25,26)(H3,18,19,21,22)/t9-,11-,12-,15-/m1/s1. The van der Waals surface area contributed by atoms with Crippen LogP contribution in [0.15, 0.2) is 6.33 Å². The van der Waals surface area contributed by atoms with E-state index in [0.717, 1.165) is 25.7 Å². The van der Waals surface area contributed by atoms with Crippen molar-refractivity contribution in [2.24, 2.45) is 5.73 Å². The van der Waals surface area contributed by atoms with Gasteiger partial charge in [-0.25, -0.2) is 9.55 Å². The van der Waals surface area contributed by atoms with Gasteiger partial charge in [0.1, 0.15) is 23.8 Å². The molecule has 1 unspecified atom stereocenters. The molecule has 4 rings (SSSR count). The Morgan fingerprint density at radius 1 is 1.30 bits per heavy atom. The zero-order valence-corrected chi connectivity index (χ0v) is 17.1. The molecule has 2 aromatic heterocycles. The van der Waals surface area contributed by atoms with Crippen molar-refractivity contribution in [3.8, 4) is 0 Å². The lowest BCUT2D eigenvalue weighted by Crippen LogP contribution is -2.39. The first-order chi connectivity index (χ1) is 14.4. The van der Waals surface area contributed by atoms with Crippen molar-refractivity contribution in [1.82, 2.24) is 19.5 Å². The number of nitrogen functional groups attached to an aromatic ring is 1. The number of imidazole rings is 1. The van der Waals surface area contributed by atoms with Crippen LogP contribution in [0.3, 0.4) is 0 Å². The van der Waals surface area contributed by atoms with E-state index >= 15 is 0 Å². The van der Waals surface area contributed by atoms with Crippen LogP contribution in [0.25, 0.3) is 11.2 Å². The van der Waals surface area contributed by atoms with Crippen LogP contribution < -0.4 is 16.8 Å². The third-order valence-electron chi connectivity index (χ3n) is 5.10. The van der Waals surface area contributed by atoms with Crippen molar-refractivity contribution in [3.63, 3.8) is 0 Å². The van der Waals surface area contributed by atoms with E-state index in [1.54, 1.807) is 0 Å². The van der Waals surface area contributed by atoms with Crippen molar-refractivity contribution in [2.75, 3.05) is 30.7 Å². The number of anilines is 2. The summed E-state index contributed by atoms with van der Waals surface area (Å²) in [5.74, 6) is 0.527. The number of aliphatic hydroxyl groups excluding tert-OH is 1. The van der Waals surface area contributed by atoms with E-state index in [-0.39, 0.29) is 12.4 Å². The van der Waals surface area contributed by atoms with Gasteiger partial charge in [0.05, 0.1) is 12.9 Å². The summed E-state index contributed by atoms with van der Waals surface area (Å²) < 4.78 is 28.7. The zero-order valence-electron chi connectivity index (χ0n) is 16.3. The number of rotatable bonds is 8. The molecule has 14 heteroatoms. The normalized spacial score (nSPS) is 31.2. The Balaban J connectivity index is 1.51. The second-order valence-electron chi connectivity index (χ2n) is 7.28. The van der Waals surface area contributed by atoms with Crippen LogP contribution in [0.2, 0.25) is 0 Å². The molecule has 30 heavy (non-hydrogen) atoms. The molecule has 7 N–H and O–H groups in total. The molecule has 0 spiro atoms. The number of nitrogens with two attached hydrogens (primary N) is 2. The minimum absolute atomic E-state index is 0.174. The van der Waals surface area contributed by atoms with Crippen molar-refractivity contribution in [3.05, 3.63) is 6.33 Å². The second kappa shape index (κ2) is 8.71. The minimum Gasteiger partial charge on any atom is -0.386 e. The van der Waals surface area contributed by atoms with E-state index in [2.05, 4.69) is 20.3 Å². The SMILES string of the molecule is NCCCCCCNc1nc(N)c2ncn([C@@H]3O[C@@H]4COP(=O)(O)O[C@H]4[C@H]3O)c2n1. The summed E-state index contributed by atoms with van der Waals surface area (Å²) in [5, 5.41) is 13.8. The topological polar surface area (TPSA) is 193 Å². The number of fused-ring (bicyclic) bond motifs is 2. The van der Waals surface area contributed by atoms with Gasteiger partial charge >= 0.3 is 7.82 Å². The zero-order chi connectivity index (χ0) is 21.3. The quantitative estimate of drug-likeness (QED) is 0.273. The fraction of sp³-hybridized carbons (Fsp3) is 0.688. The van der Waals surface area contributed by atoms with Gasteiger partial charge in [-0.15, -0.1) is 0 Å². The molecule has 0 amide bonds. The summed E-state index contributed by atoms with van der Waals surface area (Å²) in [6.45, 7) is 1.19. The Hall–Kier alpha value is -1.86. The molecule has 2 aliphatic rings. The molecule has 2 saturated heterocycles. The van der Waals surface area contributed by atoms with Crippen molar-refractivity contribution in [1.29, 1.82) is 0 Å². The van der Waals surface area contributed by atoms with Gasteiger partial charge in [0, 0.05) is 6.54 Å². The third-order valence-corrected chi connectivity index (χ3v) is 6.09. The lowest BCUT2D eigenvalue weighted by Gasteiger charge is -2.27. The van der Waals surface area contributed by atoms with Crippen LogP contribution in [0, 0.1) is 0 Å². The number of nitrogens with zero attached hydrogens (tertiary/aromatic N) is 4. The number of unbranched alkanes of at least 4 members (excludes halogenated alkanes) is 3. The Labute approximate surface area is 172 Å². The number of aliphatic hydroxyl groups is 1. The maximum atomic E-state index is 11.7. The predicted molar refractivity (Wildman–Crippen MR) is 106 cm³/mol. The average Bonchev–Trinajstić information content (AvgIpc) is 3.25. The second-order valence-corrected chi connectivity index (χ2v) is 8.68. The first kappa shape index (κ1) is 21.4. The molecular formula is C16H26N7O6P. The van der Waals surface area contributed by atoms with Gasteiger partial charge in [0.15, 0.2) is 17.7 Å². The maximum absolute atomic E-state index is 11.7. The number of nitrogens with one attached hydrogen (secondary N) is 1. The number of hydrogen-bond acceptors (Lipinski definition) is 11. The van der Waals surface area contributed by atoms with Gasteiger partial charge < -0.3 is 31.5 Å². The molecule has 0 saturated carbocycles. The van der Waals surface area contributed by atoms with E-state index in [9.17, 15) is 14.6 Å². The Kier molecular flexibility index (Phi) is 6.21. The molecule has 0 radical (unpaired) electrons. The summed E-state index contributed by atoms with van der Waals surface area (Å²) in [4.78, 5) is 22.4. The summed E-state index contributed by atoms with van der Waals surface area (Å²) >= 11 is 0. The highest BCUT2D eigenvalue weighted by Crippen LogP contribution is 2.52. The highest BCUT2D eigenvalue weighted by atomic mass is 31.2. The smallest absolute Gasteiger partial charge is 0.386 e. The van der Waals surface area contributed by atoms with Crippen molar-refractivity contribution < 1.29 is 28.3 Å². The van der Waals surface area contributed by atoms with E-state index in [1.807, 2.05) is 0 Å². The van der Waals surface area contributed by atoms with E-state index in [1.165, 1.54) is 10.9 Å². The van der Waals surface area contributed by atoms with Gasteiger partial charge in [0.2, 0.25) is 5.95 Å². The first-order valence-electron chi connectivity index (χ1n) is 9.83. The van der Waals surface area contributed by atoms with Gasteiger partial charge in [0.25, 0.3) is 0 Å². The predicted octanol–water partition coefficient (Wildman–Crippen LogP) is 0.114. The Morgan fingerprint density at radius 3 is 2.90 bits per heavy atom. The lowest BCUT2D eigenvalue weighted by molar-refractivity contribution is -0.0664. The number of ether oxygens (including phenoxy) is 1. The van der Waals surface area contributed by atoms with E-state index < -0.39 is 32.4 Å².